The topological polar surface area (TPSA) is 12.0 Å². The van der Waals surface area contributed by atoms with Crippen LogP contribution in [0.25, 0.3) is 0 Å². The third kappa shape index (κ3) is 11.5. The van der Waals surface area contributed by atoms with Crippen LogP contribution in [-0.4, -0.2) is 12.1 Å². The zero-order chi connectivity index (χ0) is 14.4. The highest BCUT2D eigenvalue weighted by atomic mass is 15.0. The van der Waals surface area contributed by atoms with E-state index in [0.717, 1.165) is 0 Å². The number of hydrogen-bond donors (Lipinski definition) is 1. The van der Waals surface area contributed by atoms with Gasteiger partial charge < -0.3 is 5.32 Å². The molecule has 1 N–H and O–H groups in total. The average Bonchev–Trinajstić information content (AvgIpc) is 2.41. The predicted molar refractivity (Wildman–Crippen MR) is 88.8 cm³/mol. The van der Waals surface area contributed by atoms with Gasteiger partial charge in [-0.15, -0.1) is 0 Å². The molecule has 0 fully saturated rings. The number of hydrogen-bond acceptors (Lipinski definition) is 1. The van der Waals surface area contributed by atoms with Crippen LogP contribution in [0, 0.1) is 0 Å². The van der Waals surface area contributed by atoms with Crippen LogP contribution < -0.4 is 5.32 Å². The molecule has 1 heteroatoms. The van der Waals surface area contributed by atoms with Crippen molar-refractivity contribution < 1.29 is 0 Å². The SMILES string of the molecule is CCCCCCC(C)(CCCCCC)NCCCC. The first-order valence-corrected chi connectivity index (χ1v) is 8.93. The zero-order valence-electron chi connectivity index (χ0n) is 14.2. The van der Waals surface area contributed by atoms with Crippen molar-refractivity contribution in [1.82, 2.24) is 5.32 Å². The minimum atomic E-state index is 0.399. The molecule has 0 aromatic heterocycles. The second kappa shape index (κ2) is 13.0. The Bertz CT molecular complexity index is 165. The van der Waals surface area contributed by atoms with Gasteiger partial charge in [-0.2, -0.15) is 0 Å². The highest BCUT2D eigenvalue weighted by Crippen LogP contribution is 2.22. The first kappa shape index (κ1) is 19.0. The van der Waals surface area contributed by atoms with Crippen LogP contribution in [0.5, 0.6) is 0 Å². The largest absolute Gasteiger partial charge is 0.312 e. The Balaban J connectivity index is 3.96. The monoisotopic (exact) mass is 269 g/mol. The van der Waals surface area contributed by atoms with Gasteiger partial charge in [-0.05, 0) is 32.7 Å². The summed E-state index contributed by atoms with van der Waals surface area (Å²) in [6.45, 7) is 10.5. The fourth-order valence-corrected chi connectivity index (χ4v) is 2.75. The van der Waals surface area contributed by atoms with Crippen molar-refractivity contribution in [3.8, 4) is 0 Å². The molecule has 0 spiro atoms. The molecule has 0 bridgehead atoms. The summed E-state index contributed by atoms with van der Waals surface area (Å²) in [6.07, 6.45) is 16.5. The van der Waals surface area contributed by atoms with Crippen molar-refractivity contribution in [2.75, 3.05) is 6.54 Å². The van der Waals surface area contributed by atoms with Gasteiger partial charge in [0.05, 0.1) is 0 Å². The third-order valence-corrected chi connectivity index (χ3v) is 4.25. The summed E-state index contributed by atoms with van der Waals surface area (Å²) < 4.78 is 0. The molecule has 0 saturated carbocycles. The van der Waals surface area contributed by atoms with Gasteiger partial charge in [0, 0.05) is 5.54 Å². The van der Waals surface area contributed by atoms with E-state index in [0.29, 0.717) is 5.54 Å². The molecule has 0 radical (unpaired) electrons. The first-order valence-electron chi connectivity index (χ1n) is 8.93. The maximum Gasteiger partial charge on any atom is 0.0153 e. The van der Waals surface area contributed by atoms with E-state index in [2.05, 4.69) is 33.0 Å². The van der Waals surface area contributed by atoms with Crippen LogP contribution in [0.15, 0.2) is 0 Å². The molecule has 116 valence electrons. The molecule has 0 amide bonds. The fourth-order valence-electron chi connectivity index (χ4n) is 2.75. The van der Waals surface area contributed by atoms with E-state index in [1.54, 1.807) is 0 Å². The Hall–Kier alpha value is -0.0400. The summed E-state index contributed by atoms with van der Waals surface area (Å²) in [4.78, 5) is 0. The van der Waals surface area contributed by atoms with Crippen LogP contribution in [-0.2, 0) is 0 Å². The quantitative estimate of drug-likeness (QED) is 0.377. The molecule has 1 nitrogen and oxygen atoms in total. The van der Waals surface area contributed by atoms with Crippen LogP contribution in [0.1, 0.15) is 105 Å². The summed E-state index contributed by atoms with van der Waals surface area (Å²) in [7, 11) is 0. The molecule has 0 aromatic carbocycles. The maximum atomic E-state index is 3.85. The van der Waals surface area contributed by atoms with Gasteiger partial charge in [0.1, 0.15) is 0 Å². The van der Waals surface area contributed by atoms with Gasteiger partial charge in [0.15, 0.2) is 0 Å². The van der Waals surface area contributed by atoms with Crippen molar-refractivity contribution in [3.05, 3.63) is 0 Å². The molecule has 0 aliphatic carbocycles. The molecule has 0 heterocycles. The Labute approximate surface area is 122 Å². The molecule has 0 saturated heterocycles. The number of nitrogens with one attached hydrogen (secondary N) is 1. The zero-order valence-corrected chi connectivity index (χ0v) is 14.2. The Morgan fingerprint density at radius 3 is 1.53 bits per heavy atom. The van der Waals surface area contributed by atoms with Crippen molar-refractivity contribution in [2.24, 2.45) is 0 Å². The minimum absolute atomic E-state index is 0.399. The summed E-state index contributed by atoms with van der Waals surface area (Å²) in [6, 6.07) is 0. The second-order valence-corrected chi connectivity index (χ2v) is 6.46. The normalized spacial score (nSPS) is 12.0. The summed E-state index contributed by atoms with van der Waals surface area (Å²) in [5.74, 6) is 0. The van der Waals surface area contributed by atoms with Crippen LogP contribution >= 0.6 is 0 Å². The highest BCUT2D eigenvalue weighted by molar-refractivity contribution is 4.82. The summed E-state index contributed by atoms with van der Waals surface area (Å²) >= 11 is 0. The molecule has 0 aliphatic rings. The smallest absolute Gasteiger partial charge is 0.0153 e. The van der Waals surface area contributed by atoms with Gasteiger partial charge in [-0.3, -0.25) is 0 Å². The first-order chi connectivity index (χ1) is 9.18. The number of rotatable bonds is 14. The van der Waals surface area contributed by atoms with Crippen molar-refractivity contribution in [1.29, 1.82) is 0 Å². The van der Waals surface area contributed by atoms with Gasteiger partial charge in [0.2, 0.25) is 0 Å². The third-order valence-electron chi connectivity index (χ3n) is 4.25. The van der Waals surface area contributed by atoms with E-state index in [9.17, 15) is 0 Å². The van der Waals surface area contributed by atoms with Crippen LogP contribution in [0.4, 0.5) is 0 Å². The van der Waals surface area contributed by atoms with Crippen LogP contribution in [0.3, 0.4) is 0 Å². The van der Waals surface area contributed by atoms with Gasteiger partial charge >= 0.3 is 0 Å². The molecular formula is C18H39N. The molecular weight excluding hydrogens is 230 g/mol. The molecule has 0 rings (SSSR count). The van der Waals surface area contributed by atoms with Gasteiger partial charge in [0.25, 0.3) is 0 Å². The minimum Gasteiger partial charge on any atom is -0.312 e. The Morgan fingerprint density at radius 1 is 0.632 bits per heavy atom. The van der Waals surface area contributed by atoms with Crippen LogP contribution in [0.2, 0.25) is 0 Å². The lowest BCUT2D eigenvalue weighted by Crippen LogP contribution is -2.42. The number of unbranched alkanes of at least 4 members (excludes halogenated alkanes) is 7. The molecule has 0 aliphatic heterocycles. The summed E-state index contributed by atoms with van der Waals surface area (Å²) in [5.41, 5.74) is 0.399. The Morgan fingerprint density at radius 2 is 1.11 bits per heavy atom. The second-order valence-electron chi connectivity index (χ2n) is 6.46. The lowest BCUT2D eigenvalue weighted by Gasteiger charge is -2.31. The van der Waals surface area contributed by atoms with Crippen molar-refractivity contribution >= 4 is 0 Å². The molecule has 0 unspecified atom stereocenters. The van der Waals surface area contributed by atoms with Crippen molar-refractivity contribution in [2.45, 2.75) is 110 Å². The Kier molecular flexibility index (Phi) is 12.9. The molecule has 0 aromatic rings. The fraction of sp³-hybridized carbons (Fsp3) is 1.00. The van der Waals surface area contributed by atoms with Crippen molar-refractivity contribution in [3.63, 3.8) is 0 Å². The molecule has 19 heavy (non-hydrogen) atoms. The standard InChI is InChI=1S/C18H39N/c1-5-8-11-13-15-18(4,19-17-10-7-3)16-14-12-9-6-2/h19H,5-17H2,1-4H3. The average molecular weight is 270 g/mol. The lowest BCUT2D eigenvalue weighted by molar-refractivity contribution is 0.286. The van der Waals surface area contributed by atoms with E-state index >= 15 is 0 Å². The maximum absolute atomic E-state index is 3.85. The van der Waals surface area contributed by atoms with E-state index in [-0.39, 0.29) is 0 Å². The molecule has 0 atom stereocenters. The van der Waals surface area contributed by atoms with E-state index < -0.39 is 0 Å². The predicted octanol–water partition coefficient (Wildman–Crippen LogP) is 6.08. The lowest BCUT2D eigenvalue weighted by atomic mass is 9.88. The van der Waals surface area contributed by atoms with E-state index in [1.807, 2.05) is 0 Å². The van der Waals surface area contributed by atoms with Gasteiger partial charge in [-0.1, -0.05) is 78.6 Å². The highest BCUT2D eigenvalue weighted by Gasteiger charge is 2.21. The van der Waals surface area contributed by atoms with Gasteiger partial charge in [-0.25, -0.2) is 0 Å². The van der Waals surface area contributed by atoms with E-state index in [1.165, 1.54) is 83.6 Å². The van der Waals surface area contributed by atoms with E-state index in [4.69, 9.17) is 0 Å². The summed E-state index contributed by atoms with van der Waals surface area (Å²) in [5, 5.41) is 3.85.